The summed E-state index contributed by atoms with van der Waals surface area (Å²) in [6.45, 7) is 6.68. The van der Waals surface area contributed by atoms with Crippen LogP contribution in [0.4, 0.5) is 0 Å². The minimum Gasteiger partial charge on any atom is -0.497 e. The van der Waals surface area contributed by atoms with Crippen molar-refractivity contribution in [3.8, 4) is 5.75 Å². The van der Waals surface area contributed by atoms with Gasteiger partial charge in [0.05, 0.1) is 13.2 Å². The summed E-state index contributed by atoms with van der Waals surface area (Å²) in [6, 6.07) is 8.45. The van der Waals surface area contributed by atoms with Crippen LogP contribution in [0.2, 0.25) is 0 Å². The summed E-state index contributed by atoms with van der Waals surface area (Å²) in [5.41, 5.74) is 2.53. The lowest BCUT2D eigenvalue weighted by molar-refractivity contribution is 0.293. The number of ether oxygens (including phenoxy) is 1. The highest BCUT2D eigenvalue weighted by Crippen LogP contribution is 2.44. The Balaban J connectivity index is 1.92. The second-order valence-electron chi connectivity index (χ2n) is 6.50. The Hall–Kier alpha value is -1.88. The van der Waals surface area contributed by atoms with Crippen molar-refractivity contribution < 1.29 is 4.74 Å². The molecular formula is C19H25N3OS. The third-order valence-corrected chi connectivity index (χ3v) is 5.30. The SMILES string of the molecule is C=CCNC(=S)N1N=C2C(C)CCC[C@@H]2[C@@H]1c1ccc(OC)cc1. The van der Waals surface area contributed by atoms with Gasteiger partial charge in [0, 0.05) is 18.2 Å². The summed E-state index contributed by atoms with van der Waals surface area (Å²) < 4.78 is 5.29. The Morgan fingerprint density at radius 3 is 2.83 bits per heavy atom. The van der Waals surface area contributed by atoms with E-state index in [2.05, 4.69) is 31.0 Å². The van der Waals surface area contributed by atoms with Gasteiger partial charge >= 0.3 is 0 Å². The molecule has 0 bridgehead atoms. The zero-order valence-corrected chi connectivity index (χ0v) is 15.2. The van der Waals surface area contributed by atoms with Crippen molar-refractivity contribution in [3.63, 3.8) is 0 Å². The number of hydrazone groups is 1. The molecule has 1 saturated carbocycles. The number of nitrogens with one attached hydrogen (secondary N) is 1. The third kappa shape index (κ3) is 3.18. The van der Waals surface area contributed by atoms with Crippen molar-refractivity contribution in [1.29, 1.82) is 0 Å². The van der Waals surface area contributed by atoms with Crippen LogP contribution in [-0.2, 0) is 0 Å². The summed E-state index contributed by atoms with van der Waals surface area (Å²) in [6.07, 6.45) is 5.44. The van der Waals surface area contributed by atoms with Crippen LogP contribution in [0.25, 0.3) is 0 Å². The first-order valence-electron chi connectivity index (χ1n) is 8.56. The lowest BCUT2D eigenvalue weighted by Crippen LogP contribution is -2.38. The van der Waals surface area contributed by atoms with Gasteiger partial charge in [0.1, 0.15) is 5.75 Å². The van der Waals surface area contributed by atoms with E-state index in [0.29, 0.717) is 23.5 Å². The fourth-order valence-corrected chi connectivity index (χ4v) is 3.98. The lowest BCUT2D eigenvalue weighted by atomic mass is 9.76. The van der Waals surface area contributed by atoms with Crippen molar-refractivity contribution in [1.82, 2.24) is 10.3 Å². The zero-order valence-electron chi connectivity index (χ0n) is 14.4. The highest BCUT2D eigenvalue weighted by molar-refractivity contribution is 7.80. The Morgan fingerprint density at radius 1 is 1.42 bits per heavy atom. The molecule has 0 saturated heterocycles. The maximum atomic E-state index is 5.60. The first-order chi connectivity index (χ1) is 11.7. The summed E-state index contributed by atoms with van der Waals surface area (Å²) in [5, 5.41) is 10.8. The van der Waals surface area contributed by atoms with Crippen LogP contribution in [0.3, 0.4) is 0 Å². The Morgan fingerprint density at radius 2 is 2.17 bits per heavy atom. The van der Waals surface area contributed by atoms with E-state index in [9.17, 15) is 0 Å². The van der Waals surface area contributed by atoms with Crippen LogP contribution < -0.4 is 10.1 Å². The molecule has 1 aliphatic carbocycles. The minimum atomic E-state index is 0.165. The van der Waals surface area contributed by atoms with Gasteiger partial charge < -0.3 is 10.1 Å². The Kier molecular flexibility index (Phi) is 5.19. The molecule has 1 aliphatic heterocycles. The molecular weight excluding hydrogens is 318 g/mol. The highest BCUT2D eigenvalue weighted by atomic mass is 32.1. The molecule has 0 amide bonds. The van der Waals surface area contributed by atoms with Gasteiger partial charge in [-0.3, -0.25) is 0 Å². The van der Waals surface area contributed by atoms with Crippen LogP contribution in [0.15, 0.2) is 42.0 Å². The number of thiocarbonyl (C=S) groups is 1. The van der Waals surface area contributed by atoms with Crippen LogP contribution in [0.1, 0.15) is 37.8 Å². The van der Waals surface area contributed by atoms with Crippen molar-refractivity contribution in [2.75, 3.05) is 13.7 Å². The topological polar surface area (TPSA) is 36.9 Å². The average Bonchev–Trinajstić information content (AvgIpc) is 3.01. The van der Waals surface area contributed by atoms with Gasteiger partial charge in [-0.15, -0.1) is 6.58 Å². The van der Waals surface area contributed by atoms with Crippen LogP contribution in [-0.4, -0.2) is 29.5 Å². The number of hydrogen-bond acceptors (Lipinski definition) is 3. The minimum absolute atomic E-state index is 0.165. The quantitative estimate of drug-likeness (QED) is 0.664. The van der Waals surface area contributed by atoms with Crippen LogP contribution in [0.5, 0.6) is 5.75 Å². The van der Waals surface area contributed by atoms with Gasteiger partial charge in [0.15, 0.2) is 5.11 Å². The second kappa shape index (κ2) is 7.34. The molecule has 2 aliphatic rings. The fourth-order valence-electron chi connectivity index (χ4n) is 3.74. The molecule has 1 aromatic carbocycles. The van der Waals surface area contributed by atoms with E-state index in [1.165, 1.54) is 30.5 Å². The second-order valence-corrected chi connectivity index (χ2v) is 6.89. The third-order valence-electron chi connectivity index (χ3n) is 4.97. The molecule has 128 valence electrons. The fraction of sp³-hybridized carbons (Fsp3) is 0.474. The first kappa shape index (κ1) is 17.0. The van der Waals surface area contributed by atoms with E-state index in [0.717, 1.165) is 5.75 Å². The average molecular weight is 343 g/mol. The van der Waals surface area contributed by atoms with E-state index >= 15 is 0 Å². The smallest absolute Gasteiger partial charge is 0.190 e. The van der Waals surface area contributed by atoms with E-state index in [1.807, 2.05) is 23.2 Å². The molecule has 4 nitrogen and oxygen atoms in total. The predicted octanol–water partition coefficient (Wildman–Crippen LogP) is 3.90. The van der Waals surface area contributed by atoms with Gasteiger partial charge in [0.25, 0.3) is 0 Å². The van der Waals surface area contributed by atoms with E-state index < -0.39 is 0 Å². The molecule has 3 atom stereocenters. The number of methoxy groups -OCH3 is 1. The Bertz CT molecular complexity index is 641. The van der Waals surface area contributed by atoms with Crippen molar-refractivity contribution >= 4 is 23.0 Å². The summed E-state index contributed by atoms with van der Waals surface area (Å²) in [5.74, 6) is 1.83. The monoisotopic (exact) mass is 343 g/mol. The normalized spacial score (nSPS) is 25.7. The van der Waals surface area contributed by atoms with Crippen LogP contribution >= 0.6 is 12.2 Å². The maximum Gasteiger partial charge on any atom is 0.190 e. The van der Waals surface area contributed by atoms with E-state index in [1.54, 1.807) is 7.11 Å². The molecule has 24 heavy (non-hydrogen) atoms. The first-order valence-corrected chi connectivity index (χ1v) is 8.96. The number of fused-ring (bicyclic) bond motifs is 1. The van der Waals surface area contributed by atoms with E-state index in [4.69, 9.17) is 22.1 Å². The molecule has 1 N–H and O–H groups in total. The molecule has 3 rings (SSSR count). The van der Waals surface area contributed by atoms with Gasteiger partial charge in [-0.25, -0.2) is 5.01 Å². The lowest BCUT2D eigenvalue weighted by Gasteiger charge is -2.31. The van der Waals surface area contributed by atoms with E-state index in [-0.39, 0.29) is 6.04 Å². The summed E-state index contributed by atoms with van der Waals surface area (Å²) in [4.78, 5) is 0. The van der Waals surface area contributed by atoms with Gasteiger partial charge in [0.2, 0.25) is 0 Å². The number of nitrogens with zero attached hydrogens (tertiary/aromatic N) is 2. The highest BCUT2D eigenvalue weighted by Gasteiger charge is 2.43. The number of hydrogen-bond donors (Lipinski definition) is 1. The summed E-state index contributed by atoms with van der Waals surface area (Å²) in [7, 11) is 1.69. The number of benzene rings is 1. The maximum absolute atomic E-state index is 5.60. The zero-order chi connectivity index (χ0) is 17.1. The standard InChI is InChI=1S/C19H25N3OS/c1-4-12-20-19(24)22-18(14-8-10-15(23-3)11-9-14)16-7-5-6-13(2)17(16)21-22/h4,8-11,13,16,18H,1,5-7,12H2,2-3H3,(H,20,24)/t13?,16-,18-/m0/s1. The molecule has 1 unspecified atom stereocenters. The van der Waals surface area contributed by atoms with Crippen molar-refractivity contribution in [2.24, 2.45) is 16.9 Å². The number of rotatable bonds is 4. The molecule has 1 heterocycles. The largest absolute Gasteiger partial charge is 0.497 e. The Labute approximate surface area is 149 Å². The van der Waals surface area contributed by atoms with Crippen molar-refractivity contribution in [3.05, 3.63) is 42.5 Å². The van der Waals surface area contributed by atoms with Gasteiger partial charge in [-0.1, -0.05) is 31.6 Å². The molecule has 0 spiro atoms. The molecule has 5 heteroatoms. The molecule has 1 fully saturated rings. The molecule has 0 aromatic heterocycles. The van der Waals surface area contributed by atoms with Crippen molar-refractivity contribution in [2.45, 2.75) is 32.2 Å². The predicted molar refractivity (Wildman–Crippen MR) is 102 cm³/mol. The van der Waals surface area contributed by atoms with Gasteiger partial charge in [-0.2, -0.15) is 5.10 Å². The van der Waals surface area contributed by atoms with Crippen LogP contribution in [0, 0.1) is 11.8 Å². The molecule has 0 radical (unpaired) electrons. The van der Waals surface area contributed by atoms with Gasteiger partial charge in [-0.05, 0) is 48.7 Å². The summed E-state index contributed by atoms with van der Waals surface area (Å²) >= 11 is 5.60. The molecule has 1 aromatic rings.